The highest BCUT2D eigenvalue weighted by atomic mass is 35.5. The van der Waals surface area contributed by atoms with Gasteiger partial charge in [-0.05, 0) is 30.3 Å². The number of rotatable bonds is 5. The number of anilines is 1. The standard InChI is InChI=1S/C15H18N4O2S2.2ClH/c16-7-10-3-4-19(8-10)13(20)6-11-9-23-15(17-11)18-14(21)12-2-1-5-22-12;;/h1-2,5,9-10H,3-4,6-8,16H2,(H,17,18,21);2*1H. The second-order valence-corrected chi connectivity index (χ2v) is 7.29. The van der Waals surface area contributed by atoms with Crippen LogP contribution in [-0.4, -0.2) is 41.3 Å². The fraction of sp³-hybridized carbons (Fsp3) is 0.400. The highest BCUT2D eigenvalue weighted by molar-refractivity contribution is 7.14. The molecule has 2 aromatic rings. The van der Waals surface area contributed by atoms with E-state index in [4.69, 9.17) is 5.73 Å². The molecule has 3 heterocycles. The van der Waals surface area contributed by atoms with Gasteiger partial charge in [-0.1, -0.05) is 6.07 Å². The fourth-order valence-electron chi connectivity index (χ4n) is 2.53. The molecule has 3 N–H and O–H groups in total. The van der Waals surface area contributed by atoms with Crippen LogP contribution in [0.15, 0.2) is 22.9 Å². The lowest BCUT2D eigenvalue weighted by atomic mass is 10.1. The molecule has 0 aromatic carbocycles. The molecule has 1 aliphatic rings. The van der Waals surface area contributed by atoms with Gasteiger partial charge in [0.2, 0.25) is 5.91 Å². The van der Waals surface area contributed by atoms with Crippen LogP contribution in [0.25, 0.3) is 0 Å². The zero-order valence-corrected chi connectivity index (χ0v) is 16.6. The molecule has 0 spiro atoms. The molecule has 2 aromatic heterocycles. The van der Waals surface area contributed by atoms with E-state index >= 15 is 0 Å². The first-order valence-electron chi connectivity index (χ1n) is 7.43. The Morgan fingerprint density at radius 3 is 2.80 bits per heavy atom. The number of thiophene rings is 1. The van der Waals surface area contributed by atoms with Crippen LogP contribution in [0.1, 0.15) is 21.8 Å². The molecule has 0 radical (unpaired) electrons. The van der Waals surface area contributed by atoms with Crippen molar-refractivity contribution in [1.82, 2.24) is 9.88 Å². The van der Waals surface area contributed by atoms with E-state index in [2.05, 4.69) is 10.3 Å². The predicted molar refractivity (Wildman–Crippen MR) is 106 cm³/mol. The normalized spacial score (nSPS) is 16.0. The van der Waals surface area contributed by atoms with Crippen molar-refractivity contribution < 1.29 is 9.59 Å². The number of thiazole rings is 1. The van der Waals surface area contributed by atoms with Crippen molar-refractivity contribution in [2.24, 2.45) is 11.7 Å². The summed E-state index contributed by atoms with van der Waals surface area (Å²) >= 11 is 2.72. The van der Waals surface area contributed by atoms with Crippen LogP contribution in [0.4, 0.5) is 5.13 Å². The average Bonchev–Trinajstić information content (AvgIpc) is 3.28. The van der Waals surface area contributed by atoms with E-state index in [-0.39, 0.29) is 43.0 Å². The Morgan fingerprint density at radius 2 is 2.16 bits per heavy atom. The Kier molecular flexibility index (Phi) is 8.81. The van der Waals surface area contributed by atoms with Gasteiger partial charge in [-0.3, -0.25) is 14.9 Å². The Hall–Kier alpha value is -1.19. The van der Waals surface area contributed by atoms with E-state index in [9.17, 15) is 9.59 Å². The van der Waals surface area contributed by atoms with Gasteiger partial charge in [-0.15, -0.1) is 47.5 Å². The maximum atomic E-state index is 12.3. The molecular formula is C15H20Cl2N4O2S2. The molecule has 0 aliphatic carbocycles. The van der Waals surface area contributed by atoms with Gasteiger partial charge < -0.3 is 10.6 Å². The highest BCUT2D eigenvalue weighted by Crippen LogP contribution is 2.20. The van der Waals surface area contributed by atoms with Gasteiger partial charge in [0.1, 0.15) is 0 Å². The van der Waals surface area contributed by atoms with Crippen LogP contribution in [0.3, 0.4) is 0 Å². The number of nitrogens with two attached hydrogens (primary N) is 1. The van der Waals surface area contributed by atoms with Crippen molar-refractivity contribution in [3.8, 4) is 0 Å². The van der Waals surface area contributed by atoms with Crippen molar-refractivity contribution in [3.05, 3.63) is 33.5 Å². The summed E-state index contributed by atoms with van der Waals surface area (Å²) in [5.41, 5.74) is 6.34. The number of nitrogens with zero attached hydrogens (tertiary/aromatic N) is 2. The molecule has 10 heteroatoms. The van der Waals surface area contributed by atoms with E-state index in [1.54, 1.807) is 6.07 Å². The summed E-state index contributed by atoms with van der Waals surface area (Å²) in [6.45, 7) is 2.13. The molecule has 25 heavy (non-hydrogen) atoms. The lowest BCUT2D eigenvalue weighted by Gasteiger charge is -2.15. The first-order valence-corrected chi connectivity index (χ1v) is 9.18. The van der Waals surface area contributed by atoms with Gasteiger partial charge in [-0.2, -0.15) is 0 Å². The van der Waals surface area contributed by atoms with Gasteiger partial charge in [0, 0.05) is 18.5 Å². The van der Waals surface area contributed by atoms with Gasteiger partial charge in [0.05, 0.1) is 17.0 Å². The number of nitrogens with one attached hydrogen (secondary N) is 1. The summed E-state index contributed by atoms with van der Waals surface area (Å²) < 4.78 is 0. The molecular weight excluding hydrogens is 403 g/mol. The molecule has 138 valence electrons. The molecule has 0 saturated carbocycles. The van der Waals surface area contributed by atoms with E-state index in [1.165, 1.54) is 22.7 Å². The topological polar surface area (TPSA) is 88.3 Å². The van der Waals surface area contributed by atoms with E-state index < -0.39 is 0 Å². The van der Waals surface area contributed by atoms with Crippen LogP contribution in [-0.2, 0) is 11.2 Å². The van der Waals surface area contributed by atoms with Gasteiger partial charge in [0.25, 0.3) is 5.91 Å². The maximum absolute atomic E-state index is 12.3. The van der Waals surface area contributed by atoms with Crippen molar-refractivity contribution in [2.45, 2.75) is 12.8 Å². The van der Waals surface area contributed by atoms with Crippen LogP contribution in [0.2, 0.25) is 0 Å². The zero-order valence-electron chi connectivity index (χ0n) is 13.3. The van der Waals surface area contributed by atoms with Crippen LogP contribution < -0.4 is 11.1 Å². The highest BCUT2D eigenvalue weighted by Gasteiger charge is 2.25. The lowest BCUT2D eigenvalue weighted by Crippen LogP contribution is -2.31. The summed E-state index contributed by atoms with van der Waals surface area (Å²) in [7, 11) is 0. The van der Waals surface area contributed by atoms with E-state index in [1.807, 2.05) is 21.7 Å². The zero-order chi connectivity index (χ0) is 16.2. The van der Waals surface area contributed by atoms with Crippen molar-refractivity contribution in [2.75, 3.05) is 25.0 Å². The maximum Gasteiger partial charge on any atom is 0.267 e. The number of amides is 2. The SMILES string of the molecule is Cl.Cl.NCC1CCN(C(=O)Cc2csc(NC(=O)c3cccs3)n2)C1. The molecule has 0 bridgehead atoms. The second kappa shape index (κ2) is 10.1. The van der Waals surface area contributed by atoms with Crippen molar-refractivity contribution in [3.63, 3.8) is 0 Å². The minimum absolute atomic E-state index is 0. The molecule has 1 aliphatic heterocycles. The number of hydrogen-bond donors (Lipinski definition) is 2. The molecule has 1 unspecified atom stereocenters. The Morgan fingerprint density at radius 1 is 1.36 bits per heavy atom. The Labute approximate surface area is 166 Å². The summed E-state index contributed by atoms with van der Waals surface area (Å²) in [5.74, 6) is 0.315. The number of hydrogen-bond acceptors (Lipinski definition) is 6. The smallest absolute Gasteiger partial charge is 0.267 e. The first-order chi connectivity index (χ1) is 11.2. The predicted octanol–water partition coefficient (Wildman–Crippen LogP) is 2.65. The number of likely N-dealkylation sites (tertiary alicyclic amines) is 1. The Balaban J connectivity index is 0.00000156. The monoisotopic (exact) mass is 422 g/mol. The third kappa shape index (κ3) is 5.65. The molecule has 6 nitrogen and oxygen atoms in total. The number of carbonyl (C=O) groups excluding carboxylic acids is 2. The summed E-state index contributed by atoms with van der Waals surface area (Å²) in [4.78, 5) is 31.0. The largest absolute Gasteiger partial charge is 0.342 e. The van der Waals surface area contributed by atoms with Crippen LogP contribution >= 0.6 is 47.5 Å². The summed E-state index contributed by atoms with van der Waals surface area (Å²) in [6, 6.07) is 3.59. The average molecular weight is 423 g/mol. The molecule has 3 rings (SSSR count). The molecule has 1 fully saturated rings. The first kappa shape index (κ1) is 21.9. The van der Waals surface area contributed by atoms with E-state index in [0.717, 1.165) is 19.5 Å². The number of aromatic nitrogens is 1. The molecule has 2 amide bonds. The minimum Gasteiger partial charge on any atom is -0.342 e. The minimum atomic E-state index is -0.169. The number of carbonyl (C=O) groups is 2. The van der Waals surface area contributed by atoms with Gasteiger partial charge in [-0.25, -0.2) is 4.98 Å². The second-order valence-electron chi connectivity index (χ2n) is 5.48. The van der Waals surface area contributed by atoms with Crippen molar-refractivity contribution >= 4 is 64.4 Å². The molecule has 1 atom stereocenters. The van der Waals surface area contributed by atoms with Crippen molar-refractivity contribution in [1.29, 1.82) is 0 Å². The summed E-state index contributed by atoms with van der Waals surface area (Å²) in [6.07, 6.45) is 1.24. The van der Waals surface area contributed by atoms with Gasteiger partial charge in [0.15, 0.2) is 5.13 Å². The Bertz CT molecular complexity index is 694. The third-order valence-electron chi connectivity index (χ3n) is 3.82. The molecule has 1 saturated heterocycles. The number of halogens is 2. The van der Waals surface area contributed by atoms with Crippen LogP contribution in [0.5, 0.6) is 0 Å². The van der Waals surface area contributed by atoms with Gasteiger partial charge >= 0.3 is 0 Å². The fourth-order valence-corrected chi connectivity index (χ4v) is 3.85. The van der Waals surface area contributed by atoms with Crippen LogP contribution in [0, 0.1) is 5.92 Å². The van der Waals surface area contributed by atoms with E-state index in [0.29, 0.717) is 28.2 Å². The quantitative estimate of drug-likeness (QED) is 0.774. The summed E-state index contributed by atoms with van der Waals surface area (Å²) in [5, 5.41) is 6.95. The third-order valence-corrected chi connectivity index (χ3v) is 5.50. The lowest BCUT2D eigenvalue weighted by molar-refractivity contribution is -0.129.